The molecule has 0 bridgehead atoms. The summed E-state index contributed by atoms with van der Waals surface area (Å²) in [6, 6.07) is 23.2. The van der Waals surface area contributed by atoms with E-state index in [1.54, 1.807) is 19.2 Å². The molecule has 5 rings (SSSR count). The molecule has 0 unspecified atom stereocenters. The quantitative estimate of drug-likeness (QED) is 0.230. The SMILES string of the molecule is [2H]C([2H])([2H])c1cnc(-c2cccc3c2oc2cc(-c4ccccc4)ccc23)cc1[Si](C)(C)CCC(F)(F)F. The summed E-state index contributed by atoms with van der Waals surface area (Å²) >= 11 is 0. The highest BCUT2D eigenvalue weighted by Gasteiger charge is 2.34. The third kappa shape index (κ3) is 4.63. The Bertz CT molecular complexity index is 1630. The number of furan rings is 1. The van der Waals surface area contributed by atoms with Crippen LogP contribution in [0.25, 0.3) is 44.3 Å². The van der Waals surface area contributed by atoms with Gasteiger partial charge in [-0.15, -0.1) is 0 Å². The van der Waals surface area contributed by atoms with Gasteiger partial charge in [-0.3, -0.25) is 4.98 Å². The van der Waals surface area contributed by atoms with E-state index in [2.05, 4.69) is 4.98 Å². The maximum absolute atomic E-state index is 13.1. The Morgan fingerprint density at radius 1 is 0.914 bits per heavy atom. The van der Waals surface area contributed by atoms with E-state index in [4.69, 9.17) is 8.53 Å². The average Bonchev–Trinajstić information content (AvgIpc) is 3.25. The van der Waals surface area contributed by atoms with Gasteiger partial charge in [0.2, 0.25) is 0 Å². The number of fused-ring (bicyclic) bond motifs is 3. The molecular weight excluding hydrogens is 463 g/mol. The van der Waals surface area contributed by atoms with E-state index in [0.717, 1.165) is 21.9 Å². The molecule has 0 aliphatic heterocycles. The van der Waals surface area contributed by atoms with Crippen molar-refractivity contribution in [2.75, 3.05) is 0 Å². The van der Waals surface area contributed by atoms with Gasteiger partial charge in [0.15, 0.2) is 0 Å². The number of halogens is 3. The molecule has 0 aliphatic rings. The Balaban J connectivity index is 1.65. The average molecular weight is 493 g/mol. The molecular formula is C29H26F3NOSi. The standard InChI is InChI=1S/C29H26F3NOSi/c1-19-18-33-25(17-27(19)35(2,3)15-14-29(30,31)32)24-11-7-10-23-22-13-12-21(16-26(22)34-28(23)24)20-8-5-4-6-9-20/h4-13,16-18H,14-15H2,1-3H3/i1D3. The van der Waals surface area contributed by atoms with Crippen molar-refractivity contribution in [2.24, 2.45) is 0 Å². The molecule has 0 N–H and O–H groups in total. The highest BCUT2D eigenvalue weighted by molar-refractivity contribution is 6.90. The molecule has 2 aromatic heterocycles. The molecule has 0 aliphatic carbocycles. The predicted octanol–water partition coefficient (Wildman–Crippen LogP) is 8.49. The molecule has 0 saturated carbocycles. The molecule has 5 aromatic rings. The summed E-state index contributed by atoms with van der Waals surface area (Å²) < 4.78 is 69.5. The Labute approximate surface area is 207 Å². The number of pyridine rings is 1. The highest BCUT2D eigenvalue weighted by Crippen LogP contribution is 2.37. The summed E-state index contributed by atoms with van der Waals surface area (Å²) in [6.45, 7) is 1.07. The lowest BCUT2D eigenvalue weighted by Crippen LogP contribution is -2.43. The van der Waals surface area contributed by atoms with E-state index < -0.39 is 27.5 Å². The van der Waals surface area contributed by atoms with Crippen molar-refractivity contribution in [1.29, 1.82) is 0 Å². The summed E-state index contributed by atoms with van der Waals surface area (Å²) in [6.07, 6.45) is -3.96. The van der Waals surface area contributed by atoms with Crippen molar-refractivity contribution in [1.82, 2.24) is 4.98 Å². The van der Waals surface area contributed by atoms with Crippen LogP contribution in [0.1, 0.15) is 16.1 Å². The van der Waals surface area contributed by atoms with Gasteiger partial charge in [-0.2, -0.15) is 13.2 Å². The van der Waals surface area contributed by atoms with Gasteiger partial charge in [0.05, 0.1) is 13.8 Å². The van der Waals surface area contributed by atoms with Gasteiger partial charge >= 0.3 is 6.18 Å². The van der Waals surface area contributed by atoms with Crippen molar-refractivity contribution < 1.29 is 21.7 Å². The topological polar surface area (TPSA) is 26.0 Å². The van der Waals surface area contributed by atoms with Crippen molar-refractivity contribution >= 4 is 35.2 Å². The van der Waals surface area contributed by atoms with Crippen LogP contribution in [0.3, 0.4) is 0 Å². The van der Waals surface area contributed by atoms with E-state index in [-0.39, 0.29) is 11.6 Å². The number of hydrogen-bond donors (Lipinski definition) is 0. The Hall–Kier alpha value is -3.38. The summed E-state index contributed by atoms with van der Waals surface area (Å²) in [7, 11) is -2.80. The van der Waals surface area contributed by atoms with Crippen LogP contribution in [0.2, 0.25) is 19.1 Å². The highest BCUT2D eigenvalue weighted by atomic mass is 28.3. The van der Waals surface area contributed by atoms with Crippen LogP contribution in [0.4, 0.5) is 13.2 Å². The van der Waals surface area contributed by atoms with E-state index in [1.165, 1.54) is 6.20 Å². The first kappa shape index (κ1) is 19.9. The molecule has 0 saturated heterocycles. The molecule has 2 heterocycles. The van der Waals surface area contributed by atoms with E-state index in [0.29, 0.717) is 27.6 Å². The minimum absolute atomic E-state index is 0.0179. The third-order valence-corrected chi connectivity index (χ3v) is 9.92. The second kappa shape index (κ2) is 8.68. The predicted molar refractivity (Wildman–Crippen MR) is 140 cm³/mol. The first-order chi connectivity index (χ1) is 17.8. The fourth-order valence-corrected chi connectivity index (χ4v) is 7.06. The Morgan fingerprint density at radius 2 is 1.71 bits per heavy atom. The number of alkyl halides is 3. The normalized spacial score (nSPS) is 14.1. The molecule has 0 atom stereocenters. The van der Waals surface area contributed by atoms with Gasteiger partial charge in [-0.05, 0) is 53.9 Å². The number of nitrogens with zero attached hydrogens (tertiary/aromatic N) is 1. The lowest BCUT2D eigenvalue weighted by molar-refractivity contribution is -0.130. The maximum atomic E-state index is 13.1. The number of para-hydroxylation sites is 1. The number of aryl methyl sites for hydroxylation is 1. The van der Waals surface area contributed by atoms with Crippen molar-refractivity contribution in [2.45, 2.75) is 38.6 Å². The molecule has 0 fully saturated rings. The van der Waals surface area contributed by atoms with E-state index in [1.807, 2.05) is 66.7 Å². The fraction of sp³-hybridized carbons (Fsp3) is 0.207. The second-order valence-electron chi connectivity index (χ2n) is 9.48. The van der Waals surface area contributed by atoms with E-state index >= 15 is 0 Å². The van der Waals surface area contributed by atoms with Crippen LogP contribution in [0.15, 0.2) is 83.4 Å². The number of benzene rings is 3. The van der Waals surface area contributed by atoms with Gasteiger partial charge in [0.25, 0.3) is 0 Å². The van der Waals surface area contributed by atoms with Gasteiger partial charge in [-0.25, -0.2) is 0 Å². The molecule has 6 heteroatoms. The van der Waals surface area contributed by atoms with Crippen LogP contribution < -0.4 is 5.19 Å². The molecule has 178 valence electrons. The first-order valence-corrected chi connectivity index (χ1v) is 14.6. The third-order valence-electron chi connectivity index (χ3n) is 6.55. The van der Waals surface area contributed by atoms with Crippen LogP contribution in [0.5, 0.6) is 0 Å². The zero-order chi connectivity index (χ0) is 27.3. The second-order valence-corrected chi connectivity index (χ2v) is 14.3. The molecule has 3 aromatic carbocycles. The monoisotopic (exact) mass is 492 g/mol. The summed E-state index contributed by atoms with van der Waals surface area (Å²) in [5.74, 6) is 0. The summed E-state index contributed by atoms with van der Waals surface area (Å²) in [5, 5.41) is 2.28. The summed E-state index contributed by atoms with van der Waals surface area (Å²) in [5.41, 5.74) is 4.54. The minimum Gasteiger partial charge on any atom is -0.455 e. The maximum Gasteiger partial charge on any atom is 0.388 e. The molecule has 0 amide bonds. The van der Waals surface area contributed by atoms with Gasteiger partial charge in [-0.1, -0.05) is 66.8 Å². The number of rotatable bonds is 5. The van der Waals surface area contributed by atoms with Crippen LogP contribution in [-0.4, -0.2) is 19.2 Å². The van der Waals surface area contributed by atoms with Crippen LogP contribution in [0, 0.1) is 6.85 Å². The van der Waals surface area contributed by atoms with Crippen LogP contribution >= 0.6 is 0 Å². The summed E-state index contributed by atoms with van der Waals surface area (Å²) in [4.78, 5) is 4.46. The zero-order valence-electron chi connectivity index (χ0n) is 22.4. The van der Waals surface area contributed by atoms with Crippen molar-refractivity contribution in [3.8, 4) is 22.4 Å². The van der Waals surface area contributed by atoms with Gasteiger partial charge < -0.3 is 4.42 Å². The Kier molecular flexibility index (Phi) is 4.93. The lowest BCUT2D eigenvalue weighted by atomic mass is 10.0. The van der Waals surface area contributed by atoms with E-state index in [9.17, 15) is 13.2 Å². The number of aromatic nitrogens is 1. The van der Waals surface area contributed by atoms with Gasteiger partial charge in [0.1, 0.15) is 11.2 Å². The zero-order valence-corrected chi connectivity index (χ0v) is 20.4. The smallest absolute Gasteiger partial charge is 0.388 e. The van der Waals surface area contributed by atoms with Gasteiger partial charge in [0, 0.05) is 33.1 Å². The molecule has 35 heavy (non-hydrogen) atoms. The molecule has 2 nitrogen and oxygen atoms in total. The van der Waals surface area contributed by atoms with Crippen molar-refractivity contribution in [3.63, 3.8) is 0 Å². The molecule has 0 radical (unpaired) electrons. The fourth-order valence-electron chi connectivity index (χ4n) is 4.56. The first-order valence-electron chi connectivity index (χ1n) is 12.9. The van der Waals surface area contributed by atoms with Crippen LogP contribution in [-0.2, 0) is 0 Å². The van der Waals surface area contributed by atoms with Crippen molar-refractivity contribution in [3.05, 3.63) is 84.6 Å². The minimum atomic E-state index is -4.31. The molecule has 0 spiro atoms. The largest absolute Gasteiger partial charge is 0.455 e. The Morgan fingerprint density at radius 3 is 2.46 bits per heavy atom. The lowest BCUT2D eigenvalue weighted by Gasteiger charge is -2.26. The number of hydrogen-bond acceptors (Lipinski definition) is 2.